The molecule has 1 heterocycles. The molecule has 3 heteroatoms. The zero-order valence-corrected chi connectivity index (χ0v) is 13.2. The molecule has 0 atom stereocenters. The Bertz CT molecular complexity index is 168. The van der Waals surface area contributed by atoms with Crippen molar-refractivity contribution in [3.05, 3.63) is 0 Å². The highest BCUT2D eigenvalue weighted by atomic mass is 16.5. The third-order valence-corrected chi connectivity index (χ3v) is 3.15. The van der Waals surface area contributed by atoms with Crippen LogP contribution in [-0.4, -0.2) is 62.8 Å². The number of unbranched alkanes of at least 4 members (excludes halogenated alkanes) is 1. The lowest BCUT2D eigenvalue weighted by atomic mass is 10.2. The molecule has 18 heavy (non-hydrogen) atoms. The largest absolute Gasteiger partial charge is 0.379 e. The summed E-state index contributed by atoms with van der Waals surface area (Å²) >= 11 is 0. The van der Waals surface area contributed by atoms with Crippen LogP contribution in [0.15, 0.2) is 0 Å². The van der Waals surface area contributed by atoms with Crippen molar-refractivity contribution in [3.63, 3.8) is 0 Å². The predicted molar refractivity (Wildman–Crippen MR) is 80.2 cm³/mol. The van der Waals surface area contributed by atoms with Gasteiger partial charge in [-0.15, -0.1) is 0 Å². The van der Waals surface area contributed by atoms with Crippen LogP contribution in [0.25, 0.3) is 0 Å². The van der Waals surface area contributed by atoms with E-state index in [0.29, 0.717) is 0 Å². The molecule has 0 bridgehead atoms. The third kappa shape index (κ3) is 11.0. The Morgan fingerprint density at radius 1 is 1.17 bits per heavy atom. The average molecular weight is 258 g/mol. The number of hydrogen-bond acceptors (Lipinski definition) is 3. The highest BCUT2D eigenvalue weighted by molar-refractivity contribution is 4.60. The van der Waals surface area contributed by atoms with Crippen molar-refractivity contribution in [1.29, 1.82) is 0 Å². The molecule has 0 N–H and O–H groups in total. The van der Waals surface area contributed by atoms with Gasteiger partial charge in [0.1, 0.15) is 0 Å². The second-order valence-electron chi connectivity index (χ2n) is 5.56. The second-order valence-corrected chi connectivity index (χ2v) is 5.56. The van der Waals surface area contributed by atoms with Crippen molar-refractivity contribution < 1.29 is 4.74 Å². The fourth-order valence-corrected chi connectivity index (χ4v) is 1.96. The van der Waals surface area contributed by atoms with E-state index in [0.717, 1.165) is 38.8 Å². The molecular weight excluding hydrogens is 224 g/mol. The maximum absolute atomic E-state index is 5.24. The molecule has 0 aromatic rings. The van der Waals surface area contributed by atoms with E-state index < -0.39 is 0 Å². The van der Waals surface area contributed by atoms with Crippen LogP contribution in [0, 0.1) is 5.92 Å². The molecule has 0 aliphatic carbocycles. The molecule has 0 radical (unpaired) electrons. The molecule has 0 saturated carbocycles. The van der Waals surface area contributed by atoms with Crippen LogP contribution in [0.4, 0.5) is 0 Å². The van der Waals surface area contributed by atoms with Crippen molar-refractivity contribution in [2.45, 2.75) is 40.5 Å². The van der Waals surface area contributed by atoms with Crippen molar-refractivity contribution in [2.75, 3.05) is 53.0 Å². The topological polar surface area (TPSA) is 15.7 Å². The normalized spacial score (nSPS) is 16.8. The van der Waals surface area contributed by atoms with Gasteiger partial charge in [-0.3, -0.25) is 4.90 Å². The monoisotopic (exact) mass is 258 g/mol. The number of rotatable bonds is 6. The molecule has 1 fully saturated rings. The minimum absolute atomic E-state index is 0.806. The first-order valence-corrected chi connectivity index (χ1v) is 7.58. The zero-order valence-electron chi connectivity index (χ0n) is 13.2. The zero-order chi connectivity index (χ0) is 13.8. The highest BCUT2D eigenvalue weighted by Gasteiger charge is 2.07. The summed E-state index contributed by atoms with van der Waals surface area (Å²) in [4.78, 5) is 4.80. The number of morpholine rings is 1. The summed E-state index contributed by atoms with van der Waals surface area (Å²) in [6.07, 6.45) is 2.64. The first kappa shape index (κ1) is 17.9. The lowest BCUT2D eigenvalue weighted by Crippen LogP contribution is -2.36. The van der Waals surface area contributed by atoms with Gasteiger partial charge in [-0.1, -0.05) is 34.1 Å². The van der Waals surface area contributed by atoms with Gasteiger partial charge in [-0.25, -0.2) is 0 Å². The second kappa shape index (κ2) is 11.9. The average Bonchev–Trinajstić information content (AvgIpc) is 2.37. The predicted octanol–water partition coefficient (Wildman–Crippen LogP) is 2.71. The van der Waals surface area contributed by atoms with Crippen LogP contribution in [0.1, 0.15) is 40.5 Å². The Balaban J connectivity index is 0.000000331. The maximum Gasteiger partial charge on any atom is 0.0594 e. The summed E-state index contributed by atoms with van der Waals surface area (Å²) in [7, 11) is 2.15. The van der Waals surface area contributed by atoms with Crippen LogP contribution < -0.4 is 0 Å². The molecule has 0 aromatic heterocycles. The van der Waals surface area contributed by atoms with Crippen LogP contribution in [0.2, 0.25) is 0 Å². The fraction of sp³-hybridized carbons (Fsp3) is 1.00. The summed E-state index contributed by atoms with van der Waals surface area (Å²) in [5.74, 6) is 0.806. The molecule has 1 aliphatic rings. The van der Waals surface area contributed by atoms with Gasteiger partial charge >= 0.3 is 0 Å². The quantitative estimate of drug-likeness (QED) is 0.728. The number of hydrogen-bond donors (Lipinski definition) is 0. The van der Waals surface area contributed by atoms with E-state index in [1.54, 1.807) is 0 Å². The molecule has 110 valence electrons. The SMILES string of the molecule is CCCCN1CCOCC1.CCN(C)CC(C)C. The van der Waals surface area contributed by atoms with Crippen molar-refractivity contribution in [2.24, 2.45) is 5.92 Å². The van der Waals surface area contributed by atoms with Crippen LogP contribution >= 0.6 is 0 Å². The molecule has 0 spiro atoms. The lowest BCUT2D eigenvalue weighted by molar-refractivity contribution is 0.0373. The molecule has 1 rings (SSSR count). The smallest absolute Gasteiger partial charge is 0.0594 e. The van der Waals surface area contributed by atoms with Gasteiger partial charge in [0.15, 0.2) is 0 Å². The van der Waals surface area contributed by atoms with Gasteiger partial charge in [-0.2, -0.15) is 0 Å². The van der Waals surface area contributed by atoms with E-state index in [9.17, 15) is 0 Å². The van der Waals surface area contributed by atoms with Crippen LogP contribution in [-0.2, 0) is 4.74 Å². The van der Waals surface area contributed by atoms with Crippen molar-refractivity contribution in [3.8, 4) is 0 Å². The molecule has 0 amide bonds. The number of ether oxygens (including phenoxy) is 1. The Labute approximate surface area is 114 Å². The van der Waals surface area contributed by atoms with Gasteiger partial charge in [0, 0.05) is 19.6 Å². The van der Waals surface area contributed by atoms with E-state index in [1.165, 1.54) is 25.9 Å². The van der Waals surface area contributed by atoms with Crippen LogP contribution in [0.3, 0.4) is 0 Å². The minimum Gasteiger partial charge on any atom is -0.379 e. The summed E-state index contributed by atoms with van der Waals surface area (Å²) < 4.78 is 5.24. The standard InChI is InChI=1S/C8H17NO.C7H17N/c1-2-3-4-9-5-7-10-8-6-9;1-5-8(4)6-7(2)3/h2-8H2,1H3;7H,5-6H2,1-4H3. The summed E-state index contributed by atoms with van der Waals surface area (Å²) in [5.41, 5.74) is 0. The Morgan fingerprint density at radius 3 is 2.17 bits per heavy atom. The first-order valence-electron chi connectivity index (χ1n) is 7.58. The molecule has 3 nitrogen and oxygen atoms in total. The van der Waals surface area contributed by atoms with Crippen molar-refractivity contribution >= 4 is 0 Å². The van der Waals surface area contributed by atoms with Gasteiger partial charge < -0.3 is 9.64 Å². The van der Waals surface area contributed by atoms with E-state index in [1.807, 2.05) is 0 Å². The van der Waals surface area contributed by atoms with Gasteiger partial charge in [0.2, 0.25) is 0 Å². The van der Waals surface area contributed by atoms with E-state index in [2.05, 4.69) is 44.5 Å². The summed E-state index contributed by atoms with van der Waals surface area (Å²) in [6, 6.07) is 0. The molecule has 0 aromatic carbocycles. The van der Waals surface area contributed by atoms with E-state index >= 15 is 0 Å². The first-order chi connectivity index (χ1) is 8.60. The van der Waals surface area contributed by atoms with Gasteiger partial charge in [0.05, 0.1) is 13.2 Å². The summed E-state index contributed by atoms with van der Waals surface area (Å²) in [5, 5.41) is 0. The van der Waals surface area contributed by atoms with Gasteiger partial charge in [0.25, 0.3) is 0 Å². The molecule has 1 saturated heterocycles. The van der Waals surface area contributed by atoms with Crippen LogP contribution in [0.5, 0.6) is 0 Å². The Hall–Kier alpha value is -0.120. The Kier molecular flexibility index (Phi) is 11.9. The molecular formula is C15H34N2O. The maximum atomic E-state index is 5.24. The van der Waals surface area contributed by atoms with E-state index in [-0.39, 0.29) is 0 Å². The fourth-order valence-electron chi connectivity index (χ4n) is 1.96. The minimum atomic E-state index is 0.806. The number of nitrogens with zero attached hydrogens (tertiary/aromatic N) is 2. The lowest BCUT2D eigenvalue weighted by Gasteiger charge is -2.26. The van der Waals surface area contributed by atoms with Crippen molar-refractivity contribution in [1.82, 2.24) is 9.80 Å². The van der Waals surface area contributed by atoms with E-state index in [4.69, 9.17) is 4.74 Å². The molecule has 1 aliphatic heterocycles. The summed E-state index contributed by atoms with van der Waals surface area (Å²) in [6.45, 7) is 16.7. The third-order valence-electron chi connectivity index (χ3n) is 3.15. The molecule has 0 unspecified atom stereocenters. The highest BCUT2D eigenvalue weighted by Crippen LogP contribution is 1.98. The Morgan fingerprint density at radius 2 is 1.78 bits per heavy atom. The van der Waals surface area contributed by atoms with Gasteiger partial charge in [-0.05, 0) is 32.5 Å².